The van der Waals surface area contributed by atoms with Crippen molar-refractivity contribution in [2.45, 2.75) is 18.8 Å². The van der Waals surface area contributed by atoms with E-state index >= 15 is 0 Å². The molecule has 1 aliphatic carbocycles. The molecule has 2 N–H and O–H groups in total. The lowest BCUT2D eigenvalue weighted by molar-refractivity contribution is -0.143. The predicted octanol–water partition coefficient (Wildman–Crippen LogP) is 4.38. The lowest BCUT2D eigenvalue weighted by Crippen LogP contribution is -2.42. The zero-order chi connectivity index (χ0) is 24.4. The highest BCUT2D eigenvalue weighted by Crippen LogP contribution is 2.44. The first-order chi connectivity index (χ1) is 17.0. The summed E-state index contributed by atoms with van der Waals surface area (Å²) in [6.07, 6.45) is 0.518. The van der Waals surface area contributed by atoms with Crippen LogP contribution in [0.15, 0.2) is 66.7 Å². The first-order valence-electron chi connectivity index (χ1n) is 11.6. The van der Waals surface area contributed by atoms with Crippen LogP contribution in [0, 0.1) is 5.92 Å². The molecule has 0 radical (unpaired) electrons. The minimum absolute atomic E-state index is 0.0599. The second-order valence-electron chi connectivity index (χ2n) is 8.79. The van der Waals surface area contributed by atoms with Gasteiger partial charge in [0.2, 0.25) is 0 Å². The molecule has 5 rings (SSSR count). The van der Waals surface area contributed by atoms with E-state index in [2.05, 4.69) is 22.4 Å². The predicted molar refractivity (Wildman–Crippen MR) is 129 cm³/mol. The molecule has 0 bridgehead atoms. The second-order valence-corrected chi connectivity index (χ2v) is 8.79. The van der Waals surface area contributed by atoms with Crippen molar-refractivity contribution in [2.24, 2.45) is 5.92 Å². The Bertz CT molecular complexity index is 1250. The molecule has 8 nitrogen and oxygen atoms in total. The van der Waals surface area contributed by atoms with E-state index in [-0.39, 0.29) is 36.5 Å². The van der Waals surface area contributed by atoms with Gasteiger partial charge in [-0.3, -0.25) is 14.9 Å². The molecule has 1 fully saturated rings. The van der Waals surface area contributed by atoms with Gasteiger partial charge in [-0.05, 0) is 47.2 Å². The normalized spacial score (nSPS) is 16.8. The maximum Gasteiger partial charge on any atom is 0.412 e. The largest absolute Gasteiger partial charge is 0.481 e. The number of carbonyl (C=O) groups excluding carboxylic acids is 2. The van der Waals surface area contributed by atoms with E-state index in [9.17, 15) is 19.5 Å². The van der Waals surface area contributed by atoms with Crippen LogP contribution in [0.2, 0.25) is 0 Å². The molecule has 2 amide bonds. The minimum Gasteiger partial charge on any atom is -0.481 e. The highest BCUT2D eigenvalue weighted by atomic mass is 16.5. The van der Waals surface area contributed by atoms with E-state index in [0.717, 1.165) is 22.3 Å². The number of nitrogens with zero attached hydrogens (tertiary/aromatic N) is 2. The van der Waals surface area contributed by atoms with Crippen molar-refractivity contribution in [2.75, 3.05) is 25.0 Å². The zero-order valence-corrected chi connectivity index (χ0v) is 19.0. The number of piperidine rings is 1. The minimum atomic E-state index is -0.902. The van der Waals surface area contributed by atoms with Crippen LogP contribution in [0.25, 0.3) is 11.1 Å². The van der Waals surface area contributed by atoms with Gasteiger partial charge in [-0.1, -0.05) is 54.6 Å². The third kappa shape index (κ3) is 4.59. The summed E-state index contributed by atoms with van der Waals surface area (Å²) >= 11 is 0. The SMILES string of the molecule is O=C(Nc1cccc(C(=O)N2CCC[C@H](C(=O)O)C2)n1)OCC1c2ccccc2-c2ccccc21. The van der Waals surface area contributed by atoms with Crippen LogP contribution in [0.3, 0.4) is 0 Å². The van der Waals surface area contributed by atoms with Crippen LogP contribution in [0.4, 0.5) is 10.6 Å². The number of rotatable bonds is 5. The molecule has 0 saturated carbocycles. The second kappa shape index (κ2) is 9.58. The zero-order valence-electron chi connectivity index (χ0n) is 19.0. The number of anilines is 1. The average Bonchev–Trinajstić information content (AvgIpc) is 3.21. The summed E-state index contributed by atoms with van der Waals surface area (Å²) in [7, 11) is 0. The number of aromatic nitrogens is 1. The van der Waals surface area contributed by atoms with E-state index in [0.29, 0.717) is 19.4 Å². The fraction of sp³-hybridized carbons (Fsp3) is 0.259. The van der Waals surface area contributed by atoms with Gasteiger partial charge >= 0.3 is 12.1 Å². The molecule has 3 aromatic rings. The Morgan fingerprint density at radius 1 is 0.971 bits per heavy atom. The quantitative estimate of drug-likeness (QED) is 0.572. The van der Waals surface area contributed by atoms with E-state index in [1.165, 1.54) is 4.90 Å². The van der Waals surface area contributed by atoms with Crippen LogP contribution in [-0.4, -0.2) is 52.7 Å². The smallest absolute Gasteiger partial charge is 0.412 e. The van der Waals surface area contributed by atoms with Gasteiger partial charge in [0.15, 0.2) is 0 Å². The topological polar surface area (TPSA) is 109 Å². The molecule has 2 aromatic carbocycles. The molecule has 8 heteroatoms. The lowest BCUT2D eigenvalue weighted by Gasteiger charge is -2.30. The maximum absolute atomic E-state index is 12.9. The Kier molecular flexibility index (Phi) is 6.18. The third-order valence-electron chi connectivity index (χ3n) is 6.60. The molecule has 178 valence electrons. The fourth-order valence-corrected chi connectivity index (χ4v) is 4.89. The summed E-state index contributed by atoms with van der Waals surface area (Å²) in [6, 6.07) is 20.9. The van der Waals surface area contributed by atoms with Crippen molar-refractivity contribution >= 4 is 23.8 Å². The summed E-state index contributed by atoms with van der Waals surface area (Å²) in [5.41, 5.74) is 4.68. The number of hydrogen-bond donors (Lipinski definition) is 2. The molecular weight excluding hydrogens is 446 g/mol. The highest BCUT2D eigenvalue weighted by molar-refractivity contribution is 5.93. The van der Waals surface area contributed by atoms with Gasteiger partial charge in [0, 0.05) is 19.0 Å². The van der Waals surface area contributed by atoms with Gasteiger partial charge in [-0.15, -0.1) is 0 Å². The van der Waals surface area contributed by atoms with Crippen molar-refractivity contribution in [3.8, 4) is 11.1 Å². The van der Waals surface area contributed by atoms with E-state index in [4.69, 9.17) is 4.74 Å². The maximum atomic E-state index is 12.9. The van der Waals surface area contributed by atoms with Gasteiger partial charge in [0.05, 0.1) is 5.92 Å². The van der Waals surface area contributed by atoms with Gasteiger partial charge in [0.25, 0.3) is 5.91 Å². The van der Waals surface area contributed by atoms with Crippen molar-refractivity contribution < 1.29 is 24.2 Å². The van der Waals surface area contributed by atoms with Crippen LogP contribution in [-0.2, 0) is 9.53 Å². The lowest BCUT2D eigenvalue weighted by atomic mass is 9.98. The first kappa shape index (κ1) is 22.6. The Morgan fingerprint density at radius 2 is 1.66 bits per heavy atom. The summed E-state index contributed by atoms with van der Waals surface area (Å²) in [6.45, 7) is 0.803. The number of pyridine rings is 1. The number of aliphatic carboxylic acids is 1. The molecular formula is C27H25N3O5. The van der Waals surface area contributed by atoms with Crippen molar-refractivity contribution in [1.29, 1.82) is 0 Å². The van der Waals surface area contributed by atoms with Gasteiger partial charge < -0.3 is 14.7 Å². The molecule has 2 aliphatic rings. The van der Waals surface area contributed by atoms with E-state index in [1.807, 2.05) is 36.4 Å². The monoisotopic (exact) mass is 471 g/mol. The first-order valence-corrected chi connectivity index (χ1v) is 11.6. The van der Waals surface area contributed by atoms with Gasteiger partial charge in [-0.2, -0.15) is 0 Å². The molecule has 0 spiro atoms. The van der Waals surface area contributed by atoms with Gasteiger partial charge in [-0.25, -0.2) is 9.78 Å². The number of carboxylic acid groups (broad SMARTS) is 1. The number of carboxylic acids is 1. The fourth-order valence-electron chi connectivity index (χ4n) is 4.89. The van der Waals surface area contributed by atoms with Crippen molar-refractivity contribution in [3.63, 3.8) is 0 Å². The van der Waals surface area contributed by atoms with Crippen LogP contribution < -0.4 is 5.32 Å². The Labute approximate surface area is 202 Å². The standard InChI is InChI=1S/C27H25N3O5/c31-25(30-14-6-7-17(15-30)26(32)33)23-12-5-13-24(28-23)29-27(34)35-16-22-20-10-3-1-8-18(20)19-9-2-4-11-21(19)22/h1-5,8-13,17,22H,6-7,14-16H2,(H,32,33)(H,28,29,34)/t17-/m0/s1. The molecule has 1 aromatic heterocycles. The molecule has 2 heterocycles. The Hall–Kier alpha value is -4.20. The van der Waals surface area contributed by atoms with E-state index < -0.39 is 18.0 Å². The molecule has 1 aliphatic heterocycles. The van der Waals surface area contributed by atoms with Crippen molar-refractivity contribution in [1.82, 2.24) is 9.88 Å². The van der Waals surface area contributed by atoms with Crippen molar-refractivity contribution in [3.05, 3.63) is 83.6 Å². The van der Waals surface area contributed by atoms with Crippen LogP contribution in [0.5, 0.6) is 0 Å². The Morgan fingerprint density at radius 3 is 2.34 bits per heavy atom. The highest BCUT2D eigenvalue weighted by Gasteiger charge is 2.30. The average molecular weight is 472 g/mol. The number of amides is 2. The van der Waals surface area contributed by atoms with E-state index in [1.54, 1.807) is 18.2 Å². The number of carbonyl (C=O) groups is 3. The molecule has 0 unspecified atom stereocenters. The number of fused-ring (bicyclic) bond motifs is 3. The summed E-state index contributed by atoms with van der Waals surface area (Å²) in [5.74, 6) is -1.70. The number of benzene rings is 2. The number of likely N-dealkylation sites (tertiary alicyclic amines) is 1. The summed E-state index contributed by atoms with van der Waals surface area (Å²) in [4.78, 5) is 42.5. The number of nitrogens with one attached hydrogen (secondary N) is 1. The summed E-state index contributed by atoms with van der Waals surface area (Å²) < 4.78 is 5.55. The molecule has 35 heavy (non-hydrogen) atoms. The molecule has 1 atom stereocenters. The third-order valence-corrected chi connectivity index (χ3v) is 6.60. The summed E-state index contributed by atoms with van der Waals surface area (Å²) in [5, 5.41) is 11.9. The van der Waals surface area contributed by atoms with Crippen LogP contribution >= 0.6 is 0 Å². The Balaban J connectivity index is 1.23. The number of hydrogen-bond acceptors (Lipinski definition) is 5. The van der Waals surface area contributed by atoms with Gasteiger partial charge in [0.1, 0.15) is 18.1 Å². The molecule has 1 saturated heterocycles. The van der Waals surface area contributed by atoms with Crippen LogP contribution in [0.1, 0.15) is 40.4 Å². The number of ether oxygens (including phenoxy) is 1.